The van der Waals surface area contributed by atoms with E-state index in [0.717, 1.165) is 29.5 Å². The van der Waals surface area contributed by atoms with Gasteiger partial charge in [0.1, 0.15) is 0 Å². The van der Waals surface area contributed by atoms with E-state index in [1.165, 1.54) is 12.0 Å². The number of carbonyl (C=O) groups excluding carboxylic acids is 1. The lowest BCUT2D eigenvalue weighted by Gasteiger charge is -2.63. The smallest absolute Gasteiger partial charge is 0.335 e. The van der Waals surface area contributed by atoms with Crippen LogP contribution in [0.4, 0.5) is 0 Å². The lowest BCUT2D eigenvalue weighted by atomic mass is 9.44. The standard InChI is InChI=1S/C33H37NO3/c1-22-29-19-28(33(29,2)3)20-30(22)34(31(35)18-11-23-7-5-4-6-8-23)21-24-9-12-25(13-10-24)26-14-16-27(17-15-26)32(36)37/h4-10,12-17,22,28-30H,11,18-21H2,1-3H3,(H,36,37). The summed E-state index contributed by atoms with van der Waals surface area (Å²) in [5, 5.41) is 9.16. The molecule has 1 amide bonds. The zero-order chi connectivity index (χ0) is 26.2. The van der Waals surface area contributed by atoms with E-state index < -0.39 is 5.97 Å². The average molecular weight is 496 g/mol. The van der Waals surface area contributed by atoms with Crippen LogP contribution in [-0.2, 0) is 17.8 Å². The Kier molecular flexibility index (Phi) is 6.94. The van der Waals surface area contributed by atoms with Gasteiger partial charge in [-0.1, -0.05) is 87.5 Å². The van der Waals surface area contributed by atoms with Crippen LogP contribution in [0, 0.1) is 23.2 Å². The molecule has 0 aliphatic heterocycles. The molecule has 192 valence electrons. The van der Waals surface area contributed by atoms with Gasteiger partial charge < -0.3 is 10.0 Å². The first-order chi connectivity index (χ1) is 17.7. The van der Waals surface area contributed by atoms with Gasteiger partial charge >= 0.3 is 5.97 Å². The van der Waals surface area contributed by atoms with Gasteiger partial charge in [0.2, 0.25) is 5.91 Å². The van der Waals surface area contributed by atoms with Crippen LogP contribution in [0.3, 0.4) is 0 Å². The van der Waals surface area contributed by atoms with Crippen LogP contribution in [0.25, 0.3) is 11.1 Å². The summed E-state index contributed by atoms with van der Waals surface area (Å²) in [6, 6.07) is 25.9. The number of benzene rings is 3. The molecular weight excluding hydrogens is 458 g/mol. The third-order valence-electron chi connectivity index (χ3n) is 9.28. The van der Waals surface area contributed by atoms with Crippen molar-refractivity contribution in [2.75, 3.05) is 0 Å². The molecule has 4 unspecified atom stereocenters. The molecule has 0 heterocycles. The van der Waals surface area contributed by atoms with E-state index in [4.69, 9.17) is 5.11 Å². The Morgan fingerprint density at radius 3 is 2.05 bits per heavy atom. The minimum atomic E-state index is -0.920. The highest BCUT2D eigenvalue weighted by Crippen LogP contribution is 2.62. The second-order valence-electron chi connectivity index (χ2n) is 11.6. The lowest BCUT2D eigenvalue weighted by molar-refractivity contribution is -0.159. The summed E-state index contributed by atoms with van der Waals surface area (Å²) < 4.78 is 0. The molecule has 3 saturated carbocycles. The highest BCUT2D eigenvalue weighted by atomic mass is 16.4. The molecule has 0 saturated heterocycles. The second-order valence-corrected chi connectivity index (χ2v) is 11.6. The van der Waals surface area contributed by atoms with Gasteiger partial charge in [0.15, 0.2) is 0 Å². The number of carboxylic acids is 1. The Balaban J connectivity index is 1.34. The fraction of sp³-hybridized carbons (Fsp3) is 0.394. The fourth-order valence-electron chi connectivity index (χ4n) is 6.77. The first-order valence-corrected chi connectivity index (χ1v) is 13.5. The number of fused-ring (bicyclic) bond motifs is 2. The van der Waals surface area contributed by atoms with E-state index in [9.17, 15) is 9.59 Å². The average Bonchev–Trinajstić information content (AvgIpc) is 2.91. The van der Waals surface area contributed by atoms with Crippen molar-refractivity contribution in [2.24, 2.45) is 23.2 Å². The number of aromatic carboxylic acids is 1. The normalized spacial score (nSPS) is 23.6. The van der Waals surface area contributed by atoms with E-state index in [1.54, 1.807) is 12.1 Å². The highest BCUT2D eigenvalue weighted by molar-refractivity contribution is 5.88. The molecule has 4 atom stereocenters. The molecule has 6 rings (SSSR count). The van der Waals surface area contributed by atoms with Crippen molar-refractivity contribution < 1.29 is 14.7 Å². The van der Waals surface area contributed by atoms with Crippen molar-refractivity contribution >= 4 is 11.9 Å². The maximum absolute atomic E-state index is 13.7. The number of carboxylic acid groups (broad SMARTS) is 1. The Labute approximate surface area is 220 Å². The summed E-state index contributed by atoms with van der Waals surface area (Å²) in [4.78, 5) is 27.0. The molecule has 3 aliphatic carbocycles. The van der Waals surface area contributed by atoms with Gasteiger partial charge in [0, 0.05) is 19.0 Å². The van der Waals surface area contributed by atoms with Crippen molar-refractivity contribution in [1.29, 1.82) is 0 Å². The monoisotopic (exact) mass is 495 g/mol. The van der Waals surface area contributed by atoms with Gasteiger partial charge in [0.05, 0.1) is 5.56 Å². The molecule has 4 heteroatoms. The predicted molar refractivity (Wildman–Crippen MR) is 147 cm³/mol. The first-order valence-electron chi connectivity index (χ1n) is 13.5. The zero-order valence-electron chi connectivity index (χ0n) is 22.1. The van der Waals surface area contributed by atoms with Crippen LogP contribution in [0.1, 0.15) is 61.5 Å². The SMILES string of the molecule is CC1C(N(Cc2ccc(-c3ccc(C(=O)O)cc3)cc2)C(=O)CCc2ccccc2)CC2CC1C2(C)C. The summed E-state index contributed by atoms with van der Waals surface area (Å²) in [7, 11) is 0. The van der Waals surface area contributed by atoms with E-state index in [-0.39, 0.29) is 17.5 Å². The topological polar surface area (TPSA) is 57.6 Å². The van der Waals surface area contributed by atoms with Gasteiger partial charge in [-0.15, -0.1) is 0 Å². The van der Waals surface area contributed by atoms with E-state index in [1.807, 2.05) is 30.3 Å². The molecule has 0 aromatic heterocycles. The predicted octanol–water partition coefficient (Wildman–Crippen LogP) is 7.08. The number of hydrogen-bond donors (Lipinski definition) is 1. The fourth-order valence-corrected chi connectivity index (χ4v) is 6.77. The van der Waals surface area contributed by atoms with Gasteiger partial charge in [-0.2, -0.15) is 0 Å². The van der Waals surface area contributed by atoms with Crippen molar-refractivity contribution in [3.8, 4) is 11.1 Å². The Morgan fingerprint density at radius 2 is 1.49 bits per heavy atom. The van der Waals surface area contributed by atoms with Crippen LogP contribution in [0.15, 0.2) is 78.9 Å². The van der Waals surface area contributed by atoms with Crippen molar-refractivity contribution in [3.63, 3.8) is 0 Å². The van der Waals surface area contributed by atoms with Crippen LogP contribution in [0.5, 0.6) is 0 Å². The van der Waals surface area contributed by atoms with Crippen molar-refractivity contribution in [1.82, 2.24) is 4.90 Å². The zero-order valence-corrected chi connectivity index (χ0v) is 22.1. The number of rotatable bonds is 8. The van der Waals surface area contributed by atoms with Crippen LogP contribution in [-0.4, -0.2) is 27.9 Å². The third kappa shape index (κ3) is 5.07. The molecule has 3 aliphatic rings. The Bertz CT molecular complexity index is 1250. The van der Waals surface area contributed by atoms with Crippen LogP contribution in [0.2, 0.25) is 0 Å². The van der Waals surface area contributed by atoms with Gasteiger partial charge in [-0.05, 0) is 76.8 Å². The molecule has 0 spiro atoms. The number of aryl methyl sites for hydroxylation is 1. The highest BCUT2D eigenvalue weighted by Gasteiger charge is 2.57. The summed E-state index contributed by atoms with van der Waals surface area (Å²) in [6.07, 6.45) is 3.68. The summed E-state index contributed by atoms with van der Waals surface area (Å²) >= 11 is 0. The minimum absolute atomic E-state index is 0.244. The van der Waals surface area contributed by atoms with Crippen molar-refractivity contribution in [2.45, 2.75) is 59.0 Å². The summed E-state index contributed by atoms with van der Waals surface area (Å²) in [5.41, 5.74) is 5.02. The largest absolute Gasteiger partial charge is 0.478 e. The molecule has 1 N–H and O–H groups in total. The quantitative estimate of drug-likeness (QED) is 0.363. The molecule has 3 aromatic carbocycles. The minimum Gasteiger partial charge on any atom is -0.478 e. The third-order valence-corrected chi connectivity index (χ3v) is 9.28. The number of nitrogens with zero attached hydrogens (tertiary/aromatic N) is 1. The van der Waals surface area contributed by atoms with Crippen molar-refractivity contribution in [3.05, 3.63) is 95.6 Å². The Morgan fingerprint density at radius 1 is 0.865 bits per heavy atom. The Hall–Kier alpha value is -3.40. The number of hydrogen-bond acceptors (Lipinski definition) is 2. The first kappa shape index (κ1) is 25.3. The molecule has 0 radical (unpaired) electrons. The summed E-state index contributed by atoms with van der Waals surface area (Å²) in [6.45, 7) is 7.79. The number of carbonyl (C=O) groups is 2. The molecule has 3 fully saturated rings. The van der Waals surface area contributed by atoms with Gasteiger partial charge in [0.25, 0.3) is 0 Å². The lowest BCUT2D eigenvalue weighted by Crippen LogP contribution is -2.61. The van der Waals surface area contributed by atoms with E-state index in [0.29, 0.717) is 36.1 Å². The summed E-state index contributed by atoms with van der Waals surface area (Å²) in [5.74, 6) is 1.19. The van der Waals surface area contributed by atoms with Crippen LogP contribution < -0.4 is 0 Å². The maximum Gasteiger partial charge on any atom is 0.335 e. The second kappa shape index (κ2) is 10.2. The van der Waals surface area contributed by atoms with Gasteiger partial charge in [-0.3, -0.25) is 4.79 Å². The van der Waals surface area contributed by atoms with E-state index >= 15 is 0 Å². The van der Waals surface area contributed by atoms with Gasteiger partial charge in [-0.25, -0.2) is 4.79 Å². The van der Waals surface area contributed by atoms with E-state index in [2.05, 4.69) is 62.1 Å². The number of amides is 1. The maximum atomic E-state index is 13.7. The molecule has 37 heavy (non-hydrogen) atoms. The molecular formula is C33H37NO3. The molecule has 4 nitrogen and oxygen atoms in total. The molecule has 2 bridgehead atoms. The molecule has 3 aromatic rings. The van der Waals surface area contributed by atoms with Crippen LogP contribution >= 0.6 is 0 Å².